The first-order chi connectivity index (χ1) is 21.4. The molecular weight excluding hydrogens is 614 g/mol. The summed E-state index contributed by atoms with van der Waals surface area (Å²) in [7, 11) is 1.15. The van der Waals surface area contributed by atoms with Crippen LogP contribution in [0.25, 0.3) is 11.0 Å². The third-order valence-electron chi connectivity index (χ3n) is 7.18. The summed E-state index contributed by atoms with van der Waals surface area (Å²) >= 11 is 1.07. The molecular formula is C29H25N3O12S. The van der Waals surface area contributed by atoms with Crippen LogP contribution in [0, 0.1) is 0 Å². The zero-order valence-electron chi connectivity index (χ0n) is 23.6. The Hall–Kier alpha value is -5.35. The van der Waals surface area contributed by atoms with Crippen molar-refractivity contribution in [3.8, 4) is 11.5 Å². The minimum atomic E-state index is -2.03. The van der Waals surface area contributed by atoms with Gasteiger partial charge in [0, 0.05) is 31.4 Å². The Labute approximate surface area is 257 Å². The zero-order chi connectivity index (χ0) is 32.6. The third kappa shape index (κ3) is 5.44. The van der Waals surface area contributed by atoms with E-state index in [0.29, 0.717) is 0 Å². The molecule has 2 aliphatic heterocycles. The number of fused-ring (bicyclic) bond motifs is 2. The van der Waals surface area contributed by atoms with E-state index in [4.69, 9.17) is 13.9 Å². The van der Waals surface area contributed by atoms with Gasteiger partial charge in [-0.05, 0) is 11.6 Å². The van der Waals surface area contributed by atoms with E-state index in [2.05, 4.69) is 10.6 Å². The number of aromatic hydroxyl groups is 2. The number of carboxylic acids is 1. The number of hydrogen-bond acceptors (Lipinski definition) is 12. The number of thioether (sulfide) groups is 1. The van der Waals surface area contributed by atoms with Crippen LogP contribution < -0.4 is 16.1 Å². The highest BCUT2D eigenvalue weighted by Gasteiger charge is 2.67. The number of nitrogens with one attached hydrogen (secondary N) is 2. The number of amides is 3. The van der Waals surface area contributed by atoms with Crippen molar-refractivity contribution in [3.05, 3.63) is 81.3 Å². The van der Waals surface area contributed by atoms with Crippen LogP contribution in [0.5, 0.6) is 11.5 Å². The number of carbonyl (C=O) groups is 5. The largest absolute Gasteiger partial charge is 0.504 e. The van der Waals surface area contributed by atoms with E-state index < -0.39 is 75.0 Å². The molecule has 5 rings (SSSR count). The number of phenolic OH excluding ortho intramolecular Hbond substituents is 2. The number of nitrogens with zero attached hydrogens (tertiary/aromatic N) is 1. The molecule has 3 amide bonds. The first kappa shape index (κ1) is 31.1. The Kier molecular flexibility index (Phi) is 8.27. The van der Waals surface area contributed by atoms with Crippen molar-refractivity contribution in [1.29, 1.82) is 0 Å². The van der Waals surface area contributed by atoms with Gasteiger partial charge in [-0.15, -0.1) is 11.8 Å². The second-order valence-electron chi connectivity index (χ2n) is 9.94. The molecule has 0 aliphatic carbocycles. The van der Waals surface area contributed by atoms with Crippen molar-refractivity contribution in [2.75, 3.05) is 19.5 Å². The van der Waals surface area contributed by atoms with Crippen molar-refractivity contribution in [1.82, 2.24) is 15.5 Å². The minimum absolute atomic E-state index is 0.0360. The number of esters is 1. The quantitative estimate of drug-likeness (QED) is 0.0954. The first-order valence-corrected chi connectivity index (χ1v) is 14.2. The van der Waals surface area contributed by atoms with Crippen molar-refractivity contribution in [2.24, 2.45) is 0 Å². The van der Waals surface area contributed by atoms with E-state index in [0.717, 1.165) is 49.1 Å². The van der Waals surface area contributed by atoms with Gasteiger partial charge in [-0.2, -0.15) is 0 Å². The minimum Gasteiger partial charge on any atom is -0.504 e. The number of phenols is 2. The number of aliphatic carboxylic acids is 1. The fraction of sp³-hybridized carbons (Fsp3) is 0.241. The van der Waals surface area contributed by atoms with Gasteiger partial charge in [-0.25, -0.2) is 4.79 Å². The molecule has 1 aromatic heterocycles. The Morgan fingerprint density at radius 2 is 1.82 bits per heavy atom. The standard InChI is InChI=1S/C29H25N3O12S/c1-13(33)43-10-15-12-45-28-29(42-2,27(41)32(28)22(15)26(39)40)31-25(38)21(14-6-4-3-5-7-14)30-24(37)17-11-44-20-9-19(35)18(34)8-16(20)23(17)36/h3-9,11,21,28,34-35H,10,12H2,1-2H3,(H,30,37)(H,31,38)(H,39,40)/t21?,28-,29-/m0/s1. The first-order valence-electron chi connectivity index (χ1n) is 13.1. The Morgan fingerprint density at radius 3 is 2.47 bits per heavy atom. The lowest BCUT2D eigenvalue weighted by molar-refractivity contribution is -0.193. The summed E-state index contributed by atoms with van der Waals surface area (Å²) in [5, 5.41) is 33.1. The highest BCUT2D eigenvalue weighted by Crippen LogP contribution is 2.47. The maximum atomic E-state index is 13.8. The average Bonchev–Trinajstić information content (AvgIpc) is 3.02. The molecule has 3 aromatic rings. The highest BCUT2D eigenvalue weighted by atomic mass is 32.2. The maximum absolute atomic E-state index is 13.8. The molecule has 1 unspecified atom stereocenters. The number of hydrogen-bond donors (Lipinski definition) is 5. The van der Waals surface area contributed by atoms with Crippen molar-refractivity contribution >= 4 is 52.4 Å². The number of benzene rings is 2. The van der Waals surface area contributed by atoms with E-state index in [1.807, 2.05) is 0 Å². The molecule has 1 saturated heterocycles. The zero-order valence-corrected chi connectivity index (χ0v) is 24.4. The molecule has 0 radical (unpaired) electrons. The Balaban J connectivity index is 1.44. The second-order valence-corrected chi connectivity index (χ2v) is 11.0. The Morgan fingerprint density at radius 1 is 1.13 bits per heavy atom. The molecule has 2 aliphatic rings. The predicted molar refractivity (Wildman–Crippen MR) is 155 cm³/mol. The lowest BCUT2D eigenvalue weighted by Gasteiger charge is -2.56. The van der Waals surface area contributed by atoms with Crippen molar-refractivity contribution < 1.29 is 53.2 Å². The molecule has 0 saturated carbocycles. The Bertz CT molecular complexity index is 1840. The molecule has 0 spiro atoms. The van der Waals surface area contributed by atoms with Crippen molar-refractivity contribution in [3.63, 3.8) is 0 Å². The topological polar surface area (TPSA) is 222 Å². The van der Waals surface area contributed by atoms with Crippen LogP contribution in [0.15, 0.2) is 69.2 Å². The lowest BCUT2D eigenvalue weighted by atomic mass is 9.96. The van der Waals surface area contributed by atoms with Gasteiger partial charge in [-0.1, -0.05) is 30.3 Å². The summed E-state index contributed by atoms with van der Waals surface area (Å²) in [5.74, 6) is -6.07. The summed E-state index contributed by atoms with van der Waals surface area (Å²) in [6, 6.07) is 8.34. The van der Waals surface area contributed by atoms with Gasteiger partial charge in [0.05, 0.1) is 5.39 Å². The second kappa shape index (κ2) is 12.0. The predicted octanol–water partition coefficient (Wildman–Crippen LogP) is 0.951. The molecule has 45 heavy (non-hydrogen) atoms. The SMILES string of the molecule is CO[C@@]1(NC(=O)C(NC(=O)c2coc3cc(O)c(O)cc3c2=O)c2ccccc2)C(=O)N2C(C(=O)O)=C(COC(C)=O)CS[C@H]21. The van der Waals surface area contributed by atoms with Crippen LogP contribution >= 0.6 is 11.8 Å². The number of carboxylic acid groups (broad SMARTS) is 1. The number of methoxy groups -OCH3 is 1. The summed E-state index contributed by atoms with van der Waals surface area (Å²) in [5.41, 5.74) is -3.47. The van der Waals surface area contributed by atoms with Crippen LogP contribution in [0.1, 0.15) is 28.9 Å². The molecule has 5 N–H and O–H groups in total. The van der Waals surface area contributed by atoms with E-state index in [9.17, 15) is 44.1 Å². The van der Waals surface area contributed by atoms with Crippen LogP contribution in [0.3, 0.4) is 0 Å². The van der Waals surface area contributed by atoms with Gasteiger partial charge in [-0.3, -0.25) is 28.9 Å². The van der Waals surface area contributed by atoms with E-state index in [1.54, 1.807) is 18.2 Å². The molecule has 3 atom stereocenters. The van der Waals surface area contributed by atoms with Crippen LogP contribution in [0.4, 0.5) is 0 Å². The van der Waals surface area contributed by atoms with Crippen LogP contribution in [-0.4, -0.2) is 80.4 Å². The van der Waals surface area contributed by atoms with E-state index >= 15 is 0 Å². The molecule has 234 valence electrons. The number of β-lactam (4-membered cyclic amide) rings is 1. The van der Waals surface area contributed by atoms with Crippen molar-refractivity contribution in [2.45, 2.75) is 24.1 Å². The third-order valence-corrected chi connectivity index (χ3v) is 8.55. The normalized spacial score (nSPS) is 19.7. The lowest BCUT2D eigenvalue weighted by Crippen LogP contribution is -2.81. The molecule has 0 bridgehead atoms. The number of rotatable bonds is 9. The number of ether oxygens (including phenoxy) is 2. The van der Waals surface area contributed by atoms with E-state index in [1.165, 1.54) is 12.1 Å². The molecule has 3 heterocycles. The average molecular weight is 640 g/mol. The van der Waals surface area contributed by atoms with Gasteiger partial charge in [0.2, 0.25) is 11.3 Å². The fourth-order valence-corrected chi connectivity index (χ4v) is 6.38. The van der Waals surface area contributed by atoms with Crippen LogP contribution in [-0.2, 0) is 28.7 Å². The number of carbonyl (C=O) groups excluding carboxylic acids is 4. The fourth-order valence-electron chi connectivity index (χ4n) is 4.96. The molecule has 16 heteroatoms. The smallest absolute Gasteiger partial charge is 0.352 e. The van der Waals surface area contributed by atoms with Crippen LogP contribution in [0.2, 0.25) is 0 Å². The summed E-state index contributed by atoms with van der Waals surface area (Å²) in [4.78, 5) is 78.1. The summed E-state index contributed by atoms with van der Waals surface area (Å²) in [6.45, 7) is 0.809. The molecule has 2 aromatic carbocycles. The van der Waals surface area contributed by atoms with Gasteiger partial charge in [0.1, 0.15) is 41.1 Å². The van der Waals surface area contributed by atoms with Gasteiger partial charge in [0.25, 0.3) is 17.5 Å². The van der Waals surface area contributed by atoms with Gasteiger partial charge in [0.15, 0.2) is 11.5 Å². The summed E-state index contributed by atoms with van der Waals surface area (Å²) < 4.78 is 15.7. The monoisotopic (exact) mass is 639 g/mol. The molecule has 1 fully saturated rings. The van der Waals surface area contributed by atoms with Gasteiger partial charge >= 0.3 is 11.9 Å². The molecule has 15 nitrogen and oxygen atoms in total. The maximum Gasteiger partial charge on any atom is 0.352 e. The van der Waals surface area contributed by atoms with E-state index in [-0.39, 0.29) is 34.5 Å². The summed E-state index contributed by atoms with van der Waals surface area (Å²) in [6.07, 6.45) is 0.840. The highest BCUT2D eigenvalue weighted by molar-refractivity contribution is 8.00. The van der Waals surface area contributed by atoms with Gasteiger partial charge < -0.3 is 39.8 Å².